The largest absolute Gasteiger partial charge is 0.508 e. The summed E-state index contributed by atoms with van der Waals surface area (Å²) in [7, 11) is 0. The molecule has 0 aliphatic heterocycles. The van der Waals surface area contributed by atoms with E-state index in [1.807, 2.05) is 6.07 Å². The van der Waals surface area contributed by atoms with Crippen molar-refractivity contribution in [3.63, 3.8) is 0 Å². The van der Waals surface area contributed by atoms with Crippen LogP contribution in [0.15, 0.2) is 18.2 Å². The van der Waals surface area contributed by atoms with E-state index in [0.29, 0.717) is 11.7 Å². The zero-order valence-electron chi connectivity index (χ0n) is 10.5. The molecule has 1 N–H and O–H groups in total. The maximum atomic E-state index is 10.0. The summed E-state index contributed by atoms with van der Waals surface area (Å²) in [6, 6.07) is 6.09. The van der Waals surface area contributed by atoms with E-state index in [1.165, 1.54) is 5.56 Å². The molecule has 0 radical (unpaired) electrons. The van der Waals surface area contributed by atoms with Gasteiger partial charge in [-0.3, -0.25) is 0 Å². The molecule has 0 aliphatic rings. The lowest BCUT2D eigenvalue weighted by atomic mass is 9.81. The number of hydrogen-bond donors (Lipinski definition) is 1. The first-order valence-corrected chi connectivity index (χ1v) is 5.72. The Balaban J connectivity index is 3.14. The van der Waals surface area contributed by atoms with Crippen molar-refractivity contribution in [3.05, 3.63) is 29.3 Å². The summed E-state index contributed by atoms with van der Waals surface area (Å²) >= 11 is 0. The Morgan fingerprint density at radius 2 is 1.87 bits per heavy atom. The molecule has 0 fully saturated rings. The minimum Gasteiger partial charge on any atom is -0.508 e. The highest BCUT2D eigenvalue weighted by molar-refractivity contribution is 5.41. The molecule has 1 aromatic rings. The summed E-state index contributed by atoms with van der Waals surface area (Å²) in [4.78, 5) is 0. The second-order valence-electron chi connectivity index (χ2n) is 5.17. The molecule has 15 heavy (non-hydrogen) atoms. The van der Waals surface area contributed by atoms with Crippen LogP contribution in [0.4, 0.5) is 0 Å². The molecule has 0 amide bonds. The van der Waals surface area contributed by atoms with Gasteiger partial charge in [-0.25, -0.2) is 0 Å². The quantitative estimate of drug-likeness (QED) is 0.785. The van der Waals surface area contributed by atoms with Gasteiger partial charge in [0.25, 0.3) is 0 Å². The topological polar surface area (TPSA) is 20.2 Å². The van der Waals surface area contributed by atoms with E-state index in [4.69, 9.17) is 0 Å². The highest BCUT2D eigenvalue weighted by Crippen LogP contribution is 2.35. The Kier molecular flexibility index (Phi) is 3.43. The SMILES string of the molecule is CCC(C)(C)c1ccc(C(C)C)cc1O. The minimum absolute atomic E-state index is 0.0552. The van der Waals surface area contributed by atoms with E-state index in [1.54, 1.807) is 0 Å². The molecule has 0 aromatic heterocycles. The van der Waals surface area contributed by atoms with Crippen molar-refractivity contribution in [2.75, 3.05) is 0 Å². The van der Waals surface area contributed by atoms with Gasteiger partial charge in [0.2, 0.25) is 0 Å². The average molecular weight is 206 g/mol. The van der Waals surface area contributed by atoms with Crippen LogP contribution in [0.3, 0.4) is 0 Å². The maximum absolute atomic E-state index is 10.0. The molecule has 0 aliphatic carbocycles. The monoisotopic (exact) mass is 206 g/mol. The molecule has 0 spiro atoms. The number of benzene rings is 1. The van der Waals surface area contributed by atoms with Gasteiger partial charge in [0.15, 0.2) is 0 Å². The van der Waals surface area contributed by atoms with Crippen molar-refractivity contribution < 1.29 is 5.11 Å². The summed E-state index contributed by atoms with van der Waals surface area (Å²) < 4.78 is 0. The van der Waals surface area contributed by atoms with Crippen molar-refractivity contribution in [2.45, 2.75) is 52.4 Å². The molecule has 1 heteroatoms. The Morgan fingerprint density at radius 1 is 1.27 bits per heavy atom. The second-order valence-corrected chi connectivity index (χ2v) is 5.17. The van der Waals surface area contributed by atoms with Gasteiger partial charge in [-0.15, -0.1) is 0 Å². The molecular formula is C14H22O. The second kappa shape index (κ2) is 4.26. The third kappa shape index (κ3) is 2.53. The van der Waals surface area contributed by atoms with Crippen LogP contribution in [0.1, 0.15) is 58.1 Å². The lowest BCUT2D eigenvalue weighted by molar-refractivity contribution is 0.428. The number of phenols is 1. The van der Waals surface area contributed by atoms with Crippen LogP contribution in [-0.4, -0.2) is 5.11 Å². The van der Waals surface area contributed by atoms with Gasteiger partial charge in [0, 0.05) is 0 Å². The molecule has 1 nitrogen and oxygen atoms in total. The van der Waals surface area contributed by atoms with Crippen LogP contribution in [0.2, 0.25) is 0 Å². The standard InChI is InChI=1S/C14H22O/c1-6-14(4,5)12-8-7-11(10(2)3)9-13(12)15/h7-10,15H,6H2,1-5H3. The third-order valence-corrected chi connectivity index (χ3v) is 3.30. The first-order chi connectivity index (χ1) is 6.88. The molecule has 0 saturated heterocycles. The van der Waals surface area contributed by atoms with Crippen molar-refractivity contribution >= 4 is 0 Å². The number of rotatable bonds is 3. The minimum atomic E-state index is 0.0552. The fourth-order valence-corrected chi connectivity index (χ4v) is 1.67. The van der Waals surface area contributed by atoms with Crippen molar-refractivity contribution in [1.82, 2.24) is 0 Å². The molecule has 0 saturated carbocycles. The van der Waals surface area contributed by atoms with Gasteiger partial charge >= 0.3 is 0 Å². The zero-order valence-corrected chi connectivity index (χ0v) is 10.5. The Bertz CT molecular complexity index is 337. The molecule has 0 atom stereocenters. The fourth-order valence-electron chi connectivity index (χ4n) is 1.67. The predicted molar refractivity (Wildman–Crippen MR) is 65.5 cm³/mol. The van der Waals surface area contributed by atoms with E-state index in [2.05, 4.69) is 46.8 Å². The van der Waals surface area contributed by atoms with Crippen LogP contribution in [0.5, 0.6) is 5.75 Å². The molecule has 0 unspecified atom stereocenters. The fraction of sp³-hybridized carbons (Fsp3) is 0.571. The van der Waals surface area contributed by atoms with Crippen molar-refractivity contribution in [1.29, 1.82) is 0 Å². The Labute approximate surface area is 93.1 Å². The average Bonchev–Trinajstić information content (AvgIpc) is 2.17. The van der Waals surface area contributed by atoms with Crippen LogP contribution < -0.4 is 0 Å². The van der Waals surface area contributed by atoms with Crippen LogP contribution in [0.25, 0.3) is 0 Å². The summed E-state index contributed by atoms with van der Waals surface area (Å²) in [5.74, 6) is 0.905. The van der Waals surface area contributed by atoms with E-state index >= 15 is 0 Å². The van der Waals surface area contributed by atoms with Crippen LogP contribution >= 0.6 is 0 Å². The van der Waals surface area contributed by atoms with Crippen LogP contribution in [0, 0.1) is 0 Å². The van der Waals surface area contributed by atoms with Gasteiger partial charge < -0.3 is 5.11 Å². The number of aromatic hydroxyl groups is 1. The molecule has 0 heterocycles. The normalized spacial score (nSPS) is 12.1. The third-order valence-electron chi connectivity index (χ3n) is 3.30. The van der Waals surface area contributed by atoms with Gasteiger partial charge in [-0.1, -0.05) is 46.8 Å². The first kappa shape index (κ1) is 12.1. The summed E-state index contributed by atoms with van der Waals surface area (Å²) in [5.41, 5.74) is 2.30. The lowest BCUT2D eigenvalue weighted by Gasteiger charge is -2.25. The smallest absolute Gasteiger partial charge is 0.119 e. The number of hydrogen-bond acceptors (Lipinski definition) is 1. The number of phenolic OH excluding ortho intramolecular Hbond substituents is 1. The highest BCUT2D eigenvalue weighted by Gasteiger charge is 2.21. The van der Waals surface area contributed by atoms with E-state index in [0.717, 1.165) is 12.0 Å². The summed E-state index contributed by atoms with van der Waals surface area (Å²) in [6.45, 7) is 10.8. The Hall–Kier alpha value is -0.980. The maximum Gasteiger partial charge on any atom is 0.119 e. The molecule has 1 aromatic carbocycles. The highest BCUT2D eigenvalue weighted by atomic mass is 16.3. The summed E-state index contributed by atoms with van der Waals surface area (Å²) in [5, 5.41) is 10.0. The predicted octanol–water partition coefficient (Wildman–Crippen LogP) is 4.20. The molecule has 0 bridgehead atoms. The van der Waals surface area contributed by atoms with Crippen molar-refractivity contribution in [2.24, 2.45) is 0 Å². The Morgan fingerprint density at radius 3 is 2.27 bits per heavy atom. The summed E-state index contributed by atoms with van der Waals surface area (Å²) in [6.07, 6.45) is 1.03. The van der Waals surface area contributed by atoms with E-state index < -0.39 is 0 Å². The molecule has 1 rings (SSSR count). The van der Waals surface area contributed by atoms with Gasteiger partial charge in [0.1, 0.15) is 5.75 Å². The van der Waals surface area contributed by atoms with Gasteiger partial charge in [-0.05, 0) is 34.9 Å². The zero-order chi connectivity index (χ0) is 11.6. The molecule has 84 valence electrons. The molecular weight excluding hydrogens is 184 g/mol. The van der Waals surface area contributed by atoms with Gasteiger partial charge in [-0.2, -0.15) is 0 Å². The van der Waals surface area contributed by atoms with Crippen molar-refractivity contribution in [3.8, 4) is 5.75 Å². The lowest BCUT2D eigenvalue weighted by Crippen LogP contribution is -2.15. The van der Waals surface area contributed by atoms with E-state index in [9.17, 15) is 5.11 Å². The van der Waals surface area contributed by atoms with Crippen LogP contribution in [-0.2, 0) is 5.41 Å². The van der Waals surface area contributed by atoms with Gasteiger partial charge in [0.05, 0.1) is 0 Å². The van der Waals surface area contributed by atoms with E-state index in [-0.39, 0.29) is 5.41 Å². The first-order valence-electron chi connectivity index (χ1n) is 5.72.